The lowest BCUT2D eigenvalue weighted by atomic mass is 10.2. The summed E-state index contributed by atoms with van der Waals surface area (Å²) in [4.78, 5) is 27.7. The molecule has 1 aromatic heterocycles. The molecule has 0 unspecified atom stereocenters. The third-order valence-corrected chi connectivity index (χ3v) is 4.14. The maximum atomic E-state index is 12.0. The van der Waals surface area contributed by atoms with Crippen LogP contribution < -0.4 is 10.6 Å². The average molecular weight is 317 g/mol. The highest BCUT2D eigenvalue weighted by Gasteiger charge is 2.30. The number of hydrogen-bond acceptors (Lipinski definition) is 5. The summed E-state index contributed by atoms with van der Waals surface area (Å²) in [7, 11) is 1.29. The van der Waals surface area contributed by atoms with Gasteiger partial charge >= 0.3 is 6.09 Å². The topological polar surface area (TPSA) is 80.3 Å². The van der Waals surface area contributed by atoms with Crippen LogP contribution in [0.1, 0.15) is 12.8 Å². The van der Waals surface area contributed by atoms with Crippen molar-refractivity contribution in [1.82, 2.24) is 4.98 Å². The van der Waals surface area contributed by atoms with E-state index in [2.05, 4.69) is 20.4 Å². The Labute approximate surface area is 131 Å². The van der Waals surface area contributed by atoms with E-state index in [1.54, 1.807) is 0 Å². The van der Waals surface area contributed by atoms with Crippen molar-refractivity contribution in [2.45, 2.75) is 12.8 Å². The van der Waals surface area contributed by atoms with Crippen LogP contribution in [0.4, 0.5) is 14.9 Å². The normalized spacial score (nSPS) is 13.5. The van der Waals surface area contributed by atoms with Gasteiger partial charge in [-0.2, -0.15) is 0 Å². The van der Waals surface area contributed by atoms with E-state index in [-0.39, 0.29) is 11.8 Å². The molecule has 0 saturated heterocycles. The van der Waals surface area contributed by atoms with Crippen LogP contribution in [-0.2, 0) is 9.53 Å². The summed E-state index contributed by atoms with van der Waals surface area (Å²) in [6.45, 7) is 0. The second kappa shape index (κ2) is 6.15. The van der Waals surface area contributed by atoms with Gasteiger partial charge in [-0.3, -0.25) is 10.1 Å². The van der Waals surface area contributed by atoms with Crippen molar-refractivity contribution in [3.8, 4) is 11.3 Å². The van der Waals surface area contributed by atoms with Crippen molar-refractivity contribution in [1.29, 1.82) is 0 Å². The SMILES string of the molecule is COC(=O)Nc1nc(-c2ccccc2)c(NC(=O)C2CC2)s1. The number of thiazole rings is 1. The summed E-state index contributed by atoms with van der Waals surface area (Å²) in [5, 5.41) is 6.46. The summed E-state index contributed by atoms with van der Waals surface area (Å²) in [6, 6.07) is 9.52. The first-order valence-corrected chi connectivity index (χ1v) is 7.71. The Morgan fingerprint density at radius 2 is 1.95 bits per heavy atom. The van der Waals surface area contributed by atoms with E-state index in [0.29, 0.717) is 15.8 Å². The molecule has 0 bridgehead atoms. The number of amides is 2. The second-order valence-electron chi connectivity index (χ2n) is 4.94. The van der Waals surface area contributed by atoms with Crippen molar-refractivity contribution in [2.75, 3.05) is 17.7 Å². The number of carbonyl (C=O) groups excluding carboxylic acids is 2. The van der Waals surface area contributed by atoms with Crippen LogP contribution in [0.25, 0.3) is 11.3 Å². The summed E-state index contributed by atoms with van der Waals surface area (Å²) in [6.07, 6.45) is 1.27. The molecule has 6 nitrogen and oxygen atoms in total. The first kappa shape index (κ1) is 14.5. The van der Waals surface area contributed by atoms with E-state index in [9.17, 15) is 9.59 Å². The molecule has 1 fully saturated rings. The smallest absolute Gasteiger partial charge is 0.413 e. The van der Waals surface area contributed by atoms with Gasteiger partial charge in [0.05, 0.1) is 7.11 Å². The fourth-order valence-corrected chi connectivity index (χ4v) is 2.82. The largest absolute Gasteiger partial charge is 0.453 e. The molecule has 1 saturated carbocycles. The minimum Gasteiger partial charge on any atom is -0.453 e. The number of ether oxygens (including phenoxy) is 1. The zero-order valence-electron chi connectivity index (χ0n) is 12.0. The van der Waals surface area contributed by atoms with Gasteiger partial charge in [-0.05, 0) is 12.8 Å². The maximum absolute atomic E-state index is 12.0. The molecule has 0 aliphatic heterocycles. The third-order valence-electron chi connectivity index (χ3n) is 3.25. The Morgan fingerprint density at radius 3 is 2.59 bits per heavy atom. The summed E-state index contributed by atoms with van der Waals surface area (Å²) >= 11 is 1.22. The molecule has 2 N–H and O–H groups in total. The van der Waals surface area contributed by atoms with E-state index >= 15 is 0 Å². The van der Waals surface area contributed by atoms with Crippen molar-refractivity contribution in [2.24, 2.45) is 5.92 Å². The molecule has 3 rings (SSSR count). The highest BCUT2D eigenvalue weighted by molar-refractivity contribution is 7.20. The van der Waals surface area contributed by atoms with Gasteiger partial charge in [0, 0.05) is 11.5 Å². The summed E-state index contributed by atoms with van der Waals surface area (Å²) in [5.74, 6) is 0.105. The Morgan fingerprint density at radius 1 is 1.23 bits per heavy atom. The van der Waals surface area contributed by atoms with E-state index in [4.69, 9.17) is 0 Å². The van der Waals surface area contributed by atoms with Crippen molar-refractivity contribution in [3.63, 3.8) is 0 Å². The fraction of sp³-hybridized carbons (Fsp3) is 0.267. The van der Waals surface area contributed by atoms with Gasteiger partial charge in [0.15, 0.2) is 5.13 Å². The Hall–Kier alpha value is -2.41. The maximum Gasteiger partial charge on any atom is 0.413 e. The van der Waals surface area contributed by atoms with Crippen LogP contribution in [0.15, 0.2) is 30.3 Å². The van der Waals surface area contributed by atoms with E-state index in [1.807, 2.05) is 30.3 Å². The van der Waals surface area contributed by atoms with Crippen LogP contribution in [0.5, 0.6) is 0 Å². The van der Waals surface area contributed by atoms with Gasteiger partial charge in [-0.15, -0.1) is 0 Å². The first-order valence-electron chi connectivity index (χ1n) is 6.89. The Kier molecular flexibility index (Phi) is 4.06. The molecule has 114 valence electrons. The molecule has 22 heavy (non-hydrogen) atoms. The van der Waals surface area contributed by atoms with Gasteiger partial charge in [0.1, 0.15) is 10.7 Å². The fourth-order valence-electron chi connectivity index (χ4n) is 1.95. The predicted octanol–water partition coefficient (Wildman–Crippen LogP) is 3.34. The van der Waals surface area contributed by atoms with Crippen LogP contribution in [0, 0.1) is 5.92 Å². The lowest BCUT2D eigenvalue weighted by molar-refractivity contribution is -0.117. The lowest BCUT2D eigenvalue weighted by Crippen LogP contribution is -2.12. The quantitative estimate of drug-likeness (QED) is 0.906. The summed E-state index contributed by atoms with van der Waals surface area (Å²) < 4.78 is 4.57. The number of carbonyl (C=O) groups is 2. The predicted molar refractivity (Wildman–Crippen MR) is 84.9 cm³/mol. The molecule has 2 amide bonds. The third kappa shape index (κ3) is 3.25. The molecule has 0 atom stereocenters. The highest BCUT2D eigenvalue weighted by Crippen LogP contribution is 2.38. The molecule has 0 radical (unpaired) electrons. The van der Waals surface area contributed by atoms with Crippen molar-refractivity contribution < 1.29 is 14.3 Å². The molecule has 2 aromatic rings. The second-order valence-corrected chi connectivity index (χ2v) is 5.94. The van der Waals surface area contributed by atoms with Crippen LogP contribution >= 0.6 is 11.3 Å². The zero-order chi connectivity index (χ0) is 15.5. The lowest BCUT2D eigenvalue weighted by Gasteiger charge is -2.03. The Balaban J connectivity index is 1.90. The van der Waals surface area contributed by atoms with Gasteiger partial charge in [-0.25, -0.2) is 9.78 Å². The average Bonchev–Trinajstić information content (AvgIpc) is 3.31. The van der Waals surface area contributed by atoms with Gasteiger partial charge < -0.3 is 10.1 Å². The number of aromatic nitrogens is 1. The zero-order valence-corrected chi connectivity index (χ0v) is 12.8. The van der Waals surface area contributed by atoms with Gasteiger partial charge in [0.2, 0.25) is 5.91 Å². The molecule has 7 heteroatoms. The van der Waals surface area contributed by atoms with E-state index in [0.717, 1.165) is 18.4 Å². The number of methoxy groups -OCH3 is 1. The minimum absolute atomic E-state index is 0.00505. The molecule has 0 spiro atoms. The number of rotatable bonds is 4. The minimum atomic E-state index is -0.589. The number of hydrogen-bond donors (Lipinski definition) is 2. The highest BCUT2D eigenvalue weighted by atomic mass is 32.1. The van der Waals surface area contributed by atoms with Crippen molar-refractivity contribution in [3.05, 3.63) is 30.3 Å². The summed E-state index contributed by atoms with van der Waals surface area (Å²) in [5.41, 5.74) is 1.52. The number of nitrogens with zero attached hydrogens (tertiary/aromatic N) is 1. The van der Waals surface area contributed by atoms with Crippen LogP contribution in [0.3, 0.4) is 0 Å². The van der Waals surface area contributed by atoms with Gasteiger partial charge in [0.25, 0.3) is 0 Å². The standard InChI is InChI=1S/C15H15N3O3S/c1-21-15(20)18-14-16-11(9-5-3-2-4-6-9)13(22-14)17-12(19)10-7-8-10/h2-6,10H,7-8H2,1H3,(H,17,19)(H,16,18,20). The molecule has 1 aliphatic carbocycles. The van der Waals surface area contributed by atoms with Crippen LogP contribution in [0.2, 0.25) is 0 Å². The monoisotopic (exact) mass is 317 g/mol. The number of nitrogens with one attached hydrogen (secondary N) is 2. The molecule has 1 aromatic carbocycles. The molecule has 1 heterocycles. The van der Waals surface area contributed by atoms with E-state index in [1.165, 1.54) is 18.4 Å². The van der Waals surface area contributed by atoms with Gasteiger partial charge in [-0.1, -0.05) is 41.7 Å². The molecule has 1 aliphatic rings. The van der Waals surface area contributed by atoms with E-state index < -0.39 is 6.09 Å². The number of benzene rings is 1. The van der Waals surface area contributed by atoms with Crippen molar-refractivity contribution >= 4 is 33.5 Å². The van der Waals surface area contributed by atoms with Crippen LogP contribution in [-0.4, -0.2) is 24.1 Å². The molecular formula is C15H15N3O3S. The Bertz CT molecular complexity index is 695. The molecular weight excluding hydrogens is 302 g/mol. The number of anilines is 2. The first-order chi connectivity index (χ1) is 10.7.